The Labute approximate surface area is 133 Å². The van der Waals surface area contributed by atoms with Crippen LogP contribution in [0, 0.1) is 0 Å². The Kier molecular flexibility index (Phi) is 8.56. The zero-order chi connectivity index (χ0) is 14.3. The molecule has 2 saturated heterocycles. The van der Waals surface area contributed by atoms with E-state index in [0.29, 0.717) is 19.6 Å². The Morgan fingerprint density at radius 1 is 1.43 bits per heavy atom. The highest BCUT2D eigenvalue weighted by Gasteiger charge is 2.33. The normalized spacial score (nSPS) is 28.9. The number of nitrogens with one attached hydrogen (secondary N) is 2. The van der Waals surface area contributed by atoms with Gasteiger partial charge in [0, 0.05) is 26.7 Å². The first-order chi connectivity index (χ1) is 9.74. The standard InChI is InChI=1S/C15H28N2O3.ClH/c1-19-12-15(8-4-9-17-15)11-16-14(18)7-6-13-5-2-3-10-20-13;/h13,17H,2-12H2,1H3,(H,16,18);1H. The topological polar surface area (TPSA) is 59.6 Å². The average molecular weight is 321 g/mol. The maximum atomic E-state index is 12.0. The molecule has 2 rings (SSSR count). The first kappa shape index (κ1) is 18.7. The summed E-state index contributed by atoms with van der Waals surface area (Å²) >= 11 is 0. The molecule has 0 aromatic heterocycles. The number of halogens is 1. The van der Waals surface area contributed by atoms with Gasteiger partial charge in [0.15, 0.2) is 0 Å². The Hall–Kier alpha value is -0.360. The van der Waals surface area contributed by atoms with Gasteiger partial charge in [0.05, 0.1) is 18.2 Å². The third-order valence-electron chi connectivity index (χ3n) is 4.34. The van der Waals surface area contributed by atoms with E-state index in [2.05, 4.69) is 10.6 Å². The summed E-state index contributed by atoms with van der Waals surface area (Å²) in [5, 5.41) is 6.52. The van der Waals surface area contributed by atoms with Crippen LogP contribution >= 0.6 is 12.4 Å². The maximum Gasteiger partial charge on any atom is 0.220 e. The van der Waals surface area contributed by atoms with Crippen LogP contribution in [0.15, 0.2) is 0 Å². The van der Waals surface area contributed by atoms with Crippen LogP contribution in [0.25, 0.3) is 0 Å². The highest BCUT2D eigenvalue weighted by Crippen LogP contribution is 2.19. The van der Waals surface area contributed by atoms with E-state index in [1.54, 1.807) is 7.11 Å². The van der Waals surface area contributed by atoms with Crippen LogP contribution < -0.4 is 10.6 Å². The number of hydrogen-bond donors (Lipinski definition) is 2. The molecule has 124 valence electrons. The first-order valence-corrected chi connectivity index (χ1v) is 7.86. The minimum atomic E-state index is -0.0637. The molecule has 2 N–H and O–H groups in total. The van der Waals surface area contributed by atoms with Crippen molar-refractivity contribution >= 4 is 18.3 Å². The van der Waals surface area contributed by atoms with E-state index >= 15 is 0 Å². The molecule has 0 saturated carbocycles. The molecule has 1 amide bonds. The van der Waals surface area contributed by atoms with E-state index in [4.69, 9.17) is 9.47 Å². The van der Waals surface area contributed by atoms with Gasteiger partial charge < -0.3 is 20.1 Å². The molecule has 0 aromatic carbocycles. The molecule has 0 aliphatic carbocycles. The van der Waals surface area contributed by atoms with Crippen LogP contribution in [0.5, 0.6) is 0 Å². The van der Waals surface area contributed by atoms with Gasteiger partial charge in [0.25, 0.3) is 0 Å². The van der Waals surface area contributed by atoms with Gasteiger partial charge in [-0.05, 0) is 45.1 Å². The van der Waals surface area contributed by atoms with Crippen molar-refractivity contribution in [3.63, 3.8) is 0 Å². The van der Waals surface area contributed by atoms with Crippen molar-refractivity contribution in [3.05, 3.63) is 0 Å². The molecule has 2 aliphatic rings. The molecule has 2 fully saturated rings. The zero-order valence-corrected chi connectivity index (χ0v) is 13.8. The summed E-state index contributed by atoms with van der Waals surface area (Å²) < 4.78 is 10.9. The van der Waals surface area contributed by atoms with Crippen molar-refractivity contribution in [1.82, 2.24) is 10.6 Å². The van der Waals surface area contributed by atoms with E-state index in [0.717, 1.165) is 45.3 Å². The van der Waals surface area contributed by atoms with Gasteiger partial charge in [-0.2, -0.15) is 0 Å². The Bertz CT molecular complexity index is 303. The fraction of sp³-hybridized carbons (Fsp3) is 0.933. The zero-order valence-electron chi connectivity index (χ0n) is 13.0. The van der Waals surface area contributed by atoms with Crippen LogP contribution in [-0.4, -0.2) is 51.0 Å². The molecule has 2 heterocycles. The number of carbonyl (C=O) groups is 1. The van der Waals surface area contributed by atoms with Gasteiger partial charge in [0.1, 0.15) is 0 Å². The molecule has 2 unspecified atom stereocenters. The monoisotopic (exact) mass is 320 g/mol. The van der Waals surface area contributed by atoms with Gasteiger partial charge in [-0.25, -0.2) is 0 Å². The summed E-state index contributed by atoms with van der Waals surface area (Å²) in [4.78, 5) is 12.0. The van der Waals surface area contributed by atoms with E-state index in [1.165, 1.54) is 6.42 Å². The largest absolute Gasteiger partial charge is 0.383 e. The highest BCUT2D eigenvalue weighted by molar-refractivity contribution is 5.85. The number of ether oxygens (including phenoxy) is 2. The molecule has 0 radical (unpaired) electrons. The minimum absolute atomic E-state index is 0. The molecule has 0 bridgehead atoms. The number of methoxy groups -OCH3 is 1. The van der Waals surface area contributed by atoms with Gasteiger partial charge in [-0.15, -0.1) is 12.4 Å². The number of carbonyl (C=O) groups excluding carboxylic acids is 1. The molecular weight excluding hydrogens is 292 g/mol. The van der Waals surface area contributed by atoms with Gasteiger partial charge in [0.2, 0.25) is 5.91 Å². The predicted octanol–water partition coefficient (Wildman–Crippen LogP) is 1.64. The Morgan fingerprint density at radius 3 is 2.90 bits per heavy atom. The average Bonchev–Trinajstić information content (AvgIpc) is 2.93. The summed E-state index contributed by atoms with van der Waals surface area (Å²) in [6.45, 7) is 3.17. The summed E-state index contributed by atoms with van der Waals surface area (Å²) in [5.74, 6) is 0.128. The second kappa shape index (κ2) is 9.62. The Morgan fingerprint density at radius 2 is 2.29 bits per heavy atom. The van der Waals surface area contributed by atoms with Crippen molar-refractivity contribution in [3.8, 4) is 0 Å². The fourth-order valence-corrected chi connectivity index (χ4v) is 3.15. The SMILES string of the molecule is COCC1(CNC(=O)CCC2CCCCO2)CCCN1.Cl. The molecule has 21 heavy (non-hydrogen) atoms. The predicted molar refractivity (Wildman–Crippen MR) is 84.9 cm³/mol. The molecule has 2 atom stereocenters. The van der Waals surface area contributed by atoms with Crippen LogP contribution in [0.3, 0.4) is 0 Å². The van der Waals surface area contributed by atoms with E-state index in [9.17, 15) is 4.79 Å². The van der Waals surface area contributed by atoms with Crippen LogP contribution in [-0.2, 0) is 14.3 Å². The van der Waals surface area contributed by atoms with E-state index in [1.807, 2.05) is 0 Å². The van der Waals surface area contributed by atoms with Crippen LogP contribution in [0.4, 0.5) is 0 Å². The summed E-state index contributed by atoms with van der Waals surface area (Å²) in [5.41, 5.74) is -0.0637. The molecule has 5 nitrogen and oxygen atoms in total. The number of rotatable bonds is 7. The van der Waals surface area contributed by atoms with Crippen molar-refractivity contribution in [1.29, 1.82) is 0 Å². The smallest absolute Gasteiger partial charge is 0.220 e. The van der Waals surface area contributed by atoms with Crippen molar-refractivity contribution in [2.24, 2.45) is 0 Å². The molecule has 0 spiro atoms. The fourth-order valence-electron chi connectivity index (χ4n) is 3.15. The second-order valence-corrected chi connectivity index (χ2v) is 6.05. The molecular formula is C15H29ClN2O3. The molecule has 2 aliphatic heterocycles. The summed E-state index contributed by atoms with van der Waals surface area (Å²) in [7, 11) is 1.71. The van der Waals surface area contributed by atoms with E-state index in [-0.39, 0.29) is 30.0 Å². The summed E-state index contributed by atoms with van der Waals surface area (Å²) in [6.07, 6.45) is 7.39. The van der Waals surface area contributed by atoms with Crippen LogP contribution in [0.1, 0.15) is 44.9 Å². The van der Waals surface area contributed by atoms with Crippen molar-refractivity contribution in [2.45, 2.75) is 56.6 Å². The second-order valence-electron chi connectivity index (χ2n) is 6.05. The Balaban J connectivity index is 0.00000220. The lowest BCUT2D eigenvalue weighted by atomic mass is 9.98. The lowest BCUT2D eigenvalue weighted by Gasteiger charge is -2.29. The van der Waals surface area contributed by atoms with Crippen molar-refractivity contribution in [2.75, 3.05) is 33.4 Å². The van der Waals surface area contributed by atoms with E-state index < -0.39 is 0 Å². The van der Waals surface area contributed by atoms with Gasteiger partial charge >= 0.3 is 0 Å². The third kappa shape index (κ3) is 6.10. The summed E-state index contributed by atoms with van der Waals surface area (Å²) in [6, 6.07) is 0. The number of hydrogen-bond acceptors (Lipinski definition) is 4. The number of amides is 1. The molecule has 6 heteroatoms. The quantitative estimate of drug-likeness (QED) is 0.749. The maximum absolute atomic E-state index is 12.0. The lowest BCUT2D eigenvalue weighted by Crippen LogP contribution is -2.53. The third-order valence-corrected chi connectivity index (χ3v) is 4.34. The van der Waals surface area contributed by atoms with Crippen LogP contribution in [0.2, 0.25) is 0 Å². The minimum Gasteiger partial charge on any atom is -0.383 e. The first-order valence-electron chi connectivity index (χ1n) is 7.86. The van der Waals surface area contributed by atoms with Gasteiger partial charge in [-0.1, -0.05) is 0 Å². The highest BCUT2D eigenvalue weighted by atomic mass is 35.5. The lowest BCUT2D eigenvalue weighted by molar-refractivity contribution is -0.122. The van der Waals surface area contributed by atoms with Crippen molar-refractivity contribution < 1.29 is 14.3 Å². The van der Waals surface area contributed by atoms with Gasteiger partial charge in [-0.3, -0.25) is 4.79 Å². The molecule has 0 aromatic rings.